The molecule has 1 amide bonds. The van der Waals surface area contributed by atoms with Crippen molar-refractivity contribution in [2.45, 2.75) is 13.8 Å². The molecule has 20 heavy (non-hydrogen) atoms. The molecule has 0 aliphatic heterocycles. The van der Waals surface area contributed by atoms with Crippen molar-refractivity contribution in [1.82, 2.24) is 10.3 Å². The number of nitrogens with two attached hydrogens (primary N) is 1. The van der Waals surface area contributed by atoms with Crippen LogP contribution in [0.5, 0.6) is 5.75 Å². The number of amides is 1. The summed E-state index contributed by atoms with van der Waals surface area (Å²) >= 11 is 0. The van der Waals surface area contributed by atoms with Crippen LogP contribution in [-0.4, -0.2) is 24.0 Å². The highest BCUT2D eigenvalue weighted by Crippen LogP contribution is 2.14. The van der Waals surface area contributed by atoms with Gasteiger partial charge < -0.3 is 20.2 Å². The van der Waals surface area contributed by atoms with Gasteiger partial charge in [-0.25, -0.2) is 4.98 Å². The molecule has 1 heterocycles. The first-order chi connectivity index (χ1) is 9.56. The molecule has 0 saturated carbocycles. The lowest BCUT2D eigenvalue weighted by molar-refractivity contribution is 0.0917. The van der Waals surface area contributed by atoms with Gasteiger partial charge in [-0.3, -0.25) is 4.79 Å². The van der Waals surface area contributed by atoms with E-state index in [-0.39, 0.29) is 11.7 Å². The summed E-state index contributed by atoms with van der Waals surface area (Å²) in [5.41, 5.74) is 6.86. The van der Waals surface area contributed by atoms with E-state index in [1.165, 1.54) is 0 Å². The topological polar surface area (TPSA) is 90.4 Å². The first-order valence-electron chi connectivity index (χ1n) is 6.27. The number of aromatic nitrogens is 1. The number of nitrogens with zero attached hydrogens (tertiary/aromatic N) is 1. The number of benzene rings is 1. The van der Waals surface area contributed by atoms with Gasteiger partial charge in [0.05, 0.1) is 12.2 Å². The third kappa shape index (κ3) is 3.50. The van der Waals surface area contributed by atoms with Gasteiger partial charge in [-0.2, -0.15) is 0 Å². The molecule has 0 spiro atoms. The third-order valence-corrected chi connectivity index (χ3v) is 2.62. The zero-order valence-corrected chi connectivity index (χ0v) is 11.5. The second-order valence-electron chi connectivity index (χ2n) is 4.32. The lowest BCUT2D eigenvalue weighted by atomic mass is 10.3. The molecule has 1 aromatic carbocycles. The first-order valence-corrected chi connectivity index (χ1v) is 6.27. The number of nitrogens with one attached hydrogen (secondary N) is 1. The van der Waals surface area contributed by atoms with E-state index >= 15 is 0 Å². The van der Waals surface area contributed by atoms with E-state index in [2.05, 4.69) is 10.3 Å². The van der Waals surface area contributed by atoms with Crippen LogP contribution in [0, 0.1) is 13.8 Å². The number of aryl methyl sites for hydroxylation is 2. The van der Waals surface area contributed by atoms with Crippen LogP contribution in [0.25, 0.3) is 0 Å². The number of hydrogen-bond acceptors (Lipinski definition) is 5. The van der Waals surface area contributed by atoms with Gasteiger partial charge in [-0.15, -0.1) is 0 Å². The Kier molecular flexibility index (Phi) is 4.24. The molecule has 1 aromatic heterocycles. The molecule has 2 rings (SSSR count). The zero-order valence-electron chi connectivity index (χ0n) is 11.5. The number of ether oxygens (including phenoxy) is 1. The van der Waals surface area contributed by atoms with Crippen molar-refractivity contribution in [3.05, 3.63) is 41.6 Å². The fourth-order valence-corrected chi connectivity index (χ4v) is 1.76. The summed E-state index contributed by atoms with van der Waals surface area (Å²) < 4.78 is 10.7. The van der Waals surface area contributed by atoms with Gasteiger partial charge >= 0.3 is 0 Å². The number of anilines is 1. The van der Waals surface area contributed by atoms with Crippen molar-refractivity contribution >= 4 is 11.6 Å². The minimum absolute atomic E-state index is 0.242. The summed E-state index contributed by atoms with van der Waals surface area (Å²) in [6.45, 7) is 4.15. The van der Waals surface area contributed by atoms with E-state index < -0.39 is 0 Å². The van der Waals surface area contributed by atoms with Crippen molar-refractivity contribution < 1.29 is 13.9 Å². The smallest absolute Gasteiger partial charge is 0.289 e. The Balaban J connectivity index is 1.79. The van der Waals surface area contributed by atoms with E-state index in [4.69, 9.17) is 14.9 Å². The first kappa shape index (κ1) is 13.9. The highest BCUT2D eigenvalue weighted by Gasteiger charge is 2.14. The highest BCUT2D eigenvalue weighted by atomic mass is 16.5. The van der Waals surface area contributed by atoms with Crippen LogP contribution in [0.4, 0.5) is 5.69 Å². The van der Waals surface area contributed by atoms with E-state index in [0.717, 1.165) is 0 Å². The molecular formula is C14H17N3O3. The maximum Gasteiger partial charge on any atom is 0.289 e. The van der Waals surface area contributed by atoms with Crippen LogP contribution >= 0.6 is 0 Å². The van der Waals surface area contributed by atoms with Gasteiger partial charge in [0.15, 0.2) is 5.89 Å². The molecule has 0 saturated heterocycles. The Morgan fingerprint density at radius 2 is 2.25 bits per heavy atom. The summed E-state index contributed by atoms with van der Waals surface area (Å²) in [6.07, 6.45) is 0. The van der Waals surface area contributed by atoms with Crippen LogP contribution in [0.2, 0.25) is 0 Å². The lowest BCUT2D eigenvalue weighted by Gasteiger charge is -2.07. The molecule has 0 aliphatic rings. The number of hydrogen-bond donors (Lipinski definition) is 2. The summed E-state index contributed by atoms with van der Waals surface area (Å²) in [6, 6.07) is 7.13. The monoisotopic (exact) mass is 275 g/mol. The minimum Gasteiger partial charge on any atom is -0.492 e. The molecule has 2 aromatic rings. The Morgan fingerprint density at radius 3 is 2.90 bits per heavy atom. The molecule has 0 aliphatic carbocycles. The Morgan fingerprint density at radius 1 is 1.45 bits per heavy atom. The van der Waals surface area contributed by atoms with Crippen molar-refractivity contribution in [2.24, 2.45) is 0 Å². The summed E-state index contributed by atoms with van der Waals surface area (Å²) in [5.74, 6) is 1.10. The number of carbonyl (C=O) groups excluding carboxylic acids is 1. The number of rotatable bonds is 5. The zero-order chi connectivity index (χ0) is 14.5. The van der Waals surface area contributed by atoms with Crippen LogP contribution < -0.4 is 15.8 Å². The van der Waals surface area contributed by atoms with Crippen molar-refractivity contribution in [3.8, 4) is 5.75 Å². The van der Waals surface area contributed by atoms with E-state index in [1.54, 1.807) is 26.0 Å². The lowest BCUT2D eigenvalue weighted by Crippen LogP contribution is -2.28. The second-order valence-corrected chi connectivity index (χ2v) is 4.32. The van der Waals surface area contributed by atoms with E-state index in [9.17, 15) is 4.79 Å². The average molecular weight is 275 g/mol. The predicted molar refractivity (Wildman–Crippen MR) is 74.7 cm³/mol. The van der Waals surface area contributed by atoms with Gasteiger partial charge in [-0.05, 0) is 19.1 Å². The molecule has 3 N–H and O–H groups in total. The Labute approximate surface area is 116 Å². The van der Waals surface area contributed by atoms with E-state index in [0.29, 0.717) is 36.2 Å². The molecule has 0 bridgehead atoms. The molecular weight excluding hydrogens is 258 g/mol. The van der Waals surface area contributed by atoms with Crippen LogP contribution in [0.15, 0.2) is 28.7 Å². The highest BCUT2D eigenvalue weighted by molar-refractivity contribution is 5.92. The normalized spacial score (nSPS) is 10.3. The third-order valence-electron chi connectivity index (χ3n) is 2.62. The van der Waals surface area contributed by atoms with Crippen molar-refractivity contribution in [3.63, 3.8) is 0 Å². The maximum atomic E-state index is 11.8. The van der Waals surface area contributed by atoms with Gasteiger partial charge in [0.1, 0.15) is 12.4 Å². The largest absolute Gasteiger partial charge is 0.492 e. The van der Waals surface area contributed by atoms with Crippen LogP contribution in [0.3, 0.4) is 0 Å². The van der Waals surface area contributed by atoms with Crippen LogP contribution in [0.1, 0.15) is 22.1 Å². The Bertz CT molecular complexity index is 607. The summed E-state index contributed by atoms with van der Waals surface area (Å²) in [5, 5.41) is 2.71. The summed E-state index contributed by atoms with van der Waals surface area (Å²) in [7, 11) is 0. The minimum atomic E-state index is -0.292. The predicted octanol–water partition coefficient (Wildman–Crippen LogP) is 1.68. The summed E-state index contributed by atoms with van der Waals surface area (Å²) in [4.78, 5) is 15.9. The fraction of sp³-hybridized carbons (Fsp3) is 0.286. The second kappa shape index (κ2) is 6.10. The SMILES string of the molecule is Cc1nc(C)c(C(=O)NCCOc2cccc(N)c2)o1. The van der Waals surface area contributed by atoms with Crippen LogP contribution in [-0.2, 0) is 0 Å². The van der Waals surface area contributed by atoms with Gasteiger partial charge in [0.25, 0.3) is 5.91 Å². The average Bonchev–Trinajstić information content (AvgIpc) is 2.74. The van der Waals surface area contributed by atoms with Gasteiger partial charge in [0, 0.05) is 18.7 Å². The quantitative estimate of drug-likeness (QED) is 0.640. The Hall–Kier alpha value is -2.50. The molecule has 0 fully saturated rings. The molecule has 0 radical (unpaired) electrons. The maximum absolute atomic E-state index is 11.8. The van der Waals surface area contributed by atoms with Gasteiger partial charge in [-0.1, -0.05) is 6.07 Å². The standard InChI is InChI=1S/C14H17N3O3/c1-9-13(20-10(2)17-9)14(18)16-6-7-19-12-5-3-4-11(15)8-12/h3-5,8H,6-7,15H2,1-2H3,(H,16,18). The van der Waals surface area contributed by atoms with E-state index in [1.807, 2.05) is 12.1 Å². The molecule has 6 heteroatoms. The molecule has 6 nitrogen and oxygen atoms in total. The molecule has 0 atom stereocenters. The van der Waals surface area contributed by atoms with Gasteiger partial charge in [0.2, 0.25) is 5.76 Å². The molecule has 106 valence electrons. The number of carbonyl (C=O) groups is 1. The molecule has 0 unspecified atom stereocenters. The fourth-order valence-electron chi connectivity index (χ4n) is 1.76. The van der Waals surface area contributed by atoms with Crippen molar-refractivity contribution in [2.75, 3.05) is 18.9 Å². The van der Waals surface area contributed by atoms with Crippen molar-refractivity contribution in [1.29, 1.82) is 0 Å². The number of oxazole rings is 1. The number of nitrogen functional groups attached to an aromatic ring is 1.